The van der Waals surface area contributed by atoms with Crippen molar-refractivity contribution in [3.05, 3.63) is 63.8 Å². The number of ether oxygens (including phenoxy) is 1. The Morgan fingerprint density at radius 3 is 2.56 bits per heavy atom. The van der Waals surface area contributed by atoms with Crippen LogP contribution < -0.4 is 15.0 Å². The third-order valence-corrected chi connectivity index (χ3v) is 4.39. The maximum absolute atomic E-state index is 12.7. The zero-order valence-electron chi connectivity index (χ0n) is 13.3. The van der Waals surface area contributed by atoms with Crippen molar-refractivity contribution in [3.63, 3.8) is 0 Å². The lowest BCUT2D eigenvalue weighted by molar-refractivity contribution is -0.113. The van der Waals surface area contributed by atoms with Crippen LogP contribution in [0.4, 0.5) is 5.69 Å². The second kappa shape index (κ2) is 7.44. The second-order valence-corrected chi connectivity index (χ2v) is 6.45. The van der Waals surface area contributed by atoms with E-state index in [2.05, 4.69) is 5.32 Å². The molecule has 4 nitrogen and oxygen atoms in total. The third-order valence-electron chi connectivity index (χ3n) is 3.55. The molecule has 3 rings (SSSR count). The van der Waals surface area contributed by atoms with Crippen LogP contribution in [0.3, 0.4) is 0 Å². The van der Waals surface area contributed by atoms with Crippen molar-refractivity contribution in [1.82, 2.24) is 5.32 Å². The number of nitrogens with one attached hydrogen (secondary N) is 1. The molecule has 0 aliphatic carbocycles. The molecule has 128 valence electrons. The average Bonchev–Trinajstić information content (AvgIpc) is 2.85. The van der Waals surface area contributed by atoms with E-state index in [1.165, 1.54) is 4.90 Å². The van der Waals surface area contributed by atoms with Gasteiger partial charge in [-0.25, -0.2) is 0 Å². The van der Waals surface area contributed by atoms with Gasteiger partial charge in [-0.3, -0.25) is 9.69 Å². The Kier molecular flexibility index (Phi) is 5.27. The normalized spacial score (nSPS) is 15.6. The predicted octanol–water partition coefficient (Wildman–Crippen LogP) is 4.65. The molecule has 1 aliphatic heterocycles. The highest BCUT2D eigenvalue weighted by atomic mass is 35.5. The monoisotopic (exact) mass is 392 g/mol. The highest BCUT2D eigenvalue weighted by Crippen LogP contribution is 2.27. The summed E-state index contributed by atoms with van der Waals surface area (Å²) in [6.07, 6.45) is 1.65. The van der Waals surface area contributed by atoms with Gasteiger partial charge < -0.3 is 10.1 Å². The summed E-state index contributed by atoms with van der Waals surface area (Å²) < 4.78 is 5.41. The molecule has 1 amide bonds. The van der Waals surface area contributed by atoms with Gasteiger partial charge in [0.15, 0.2) is 5.11 Å². The fraction of sp³-hybridized carbons (Fsp3) is 0.111. The molecule has 1 saturated heterocycles. The number of anilines is 1. The van der Waals surface area contributed by atoms with Gasteiger partial charge in [-0.05, 0) is 67.2 Å². The Balaban J connectivity index is 1.88. The zero-order chi connectivity index (χ0) is 18.0. The minimum atomic E-state index is -0.250. The number of halogens is 2. The van der Waals surface area contributed by atoms with E-state index in [0.717, 1.165) is 5.75 Å². The van der Waals surface area contributed by atoms with Crippen molar-refractivity contribution < 1.29 is 9.53 Å². The molecule has 1 aliphatic rings. The van der Waals surface area contributed by atoms with Crippen LogP contribution in [-0.4, -0.2) is 17.6 Å². The van der Waals surface area contributed by atoms with Gasteiger partial charge in [0, 0.05) is 10.0 Å². The summed E-state index contributed by atoms with van der Waals surface area (Å²) in [7, 11) is 0. The van der Waals surface area contributed by atoms with Gasteiger partial charge in [-0.15, -0.1) is 0 Å². The molecule has 7 heteroatoms. The molecule has 2 aromatic rings. The summed E-state index contributed by atoms with van der Waals surface area (Å²) in [4.78, 5) is 14.1. The van der Waals surface area contributed by atoms with Crippen LogP contribution in [0.25, 0.3) is 6.08 Å². The van der Waals surface area contributed by atoms with Crippen molar-refractivity contribution in [2.45, 2.75) is 6.92 Å². The molecule has 0 saturated carbocycles. The number of rotatable bonds is 4. The number of nitrogens with zero attached hydrogens (tertiary/aromatic N) is 1. The van der Waals surface area contributed by atoms with Crippen molar-refractivity contribution in [2.24, 2.45) is 0 Å². The minimum Gasteiger partial charge on any atom is -0.494 e. The highest BCUT2D eigenvalue weighted by Gasteiger charge is 2.32. The summed E-state index contributed by atoms with van der Waals surface area (Å²) in [5.74, 6) is 0.487. The van der Waals surface area contributed by atoms with Gasteiger partial charge >= 0.3 is 0 Å². The number of thiocarbonyl (C=S) groups is 1. The molecule has 1 heterocycles. The number of amides is 1. The van der Waals surface area contributed by atoms with Gasteiger partial charge in [0.2, 0.25) is 0 Å². The van der Waals surface area contributed by atoms with Gasteiger partial charge in [0.25, 0.3) is 5.91 Å². The second-order valence-electron chi connectivity index (χ2n) is 5.22. The molecule has 0 atom stereocenters. The number of hydrogen-bond acceptors (Lipinski definition) is 3. The topological polar surface area (TPSA) is 41.6 Å². The van der Waals surface area contributed by atoms with Gasteiger partial charge in [-0.2, -0.15) is 0 Å². The fourth-order valence-corrected chi connectivity index (χ4v) is 3.16. The van der Waals surface area contributed by atoms with E-state index in [1.54, 1.807) is 48.5 Å². The fourth-order valence-electron chi connectivity index (χ4n) is 2.40. The third kappa shape index (κ3) is 3.79. The van der Waals surface area contributed by atoms with Crippen molar-refractivity contribution >= 4 is 58.2 Å². The summed E-state index contributed by atoms with van der Waals surface area (Å²) >= 11 is 17.4. The number of carbonyl (C=O) groups excluding carboxylic acids is 1. The van der Waals surface area contributed by atoms with E-state index in [-0.39, 0.29) is 5.91 Å². The molecular formula is C18H14Cl2N2O2S. The minimum absolute atomic E-state index is 0.250. The van der Waals surface area contributed by atoms with Crippen LogP contribution >= 0.6 is 35.4 Å². The maximum Gasteiger partial charge on any atom is 0.281 e. The van der Waals surface area contributed by atoms with E-state index in [9.17, 15) is 4.79 Å². The highest BCUT2D eigenvalue weighted by molar-refractivity contribution is 7.80. The maximum atomic E-state index is 12.7. The largest absolute Gasteiger partial charge is 0.494 e. The Bertz CT molecular complexity index is 866. The van der Waals surface area contributed by atoms with Crippen LogP contribution in [0.15, 0.2) is 48.2 Å². The first-order valence-electron chi connectivity index (χ1n) is 7.54. The van der Waals surface area contributed by atoms with Crippen LogP contribution in [0.1, 0.15) is 12.5 Å². The van der Waals surface area contributed by atoms with Crippen molar-refractivity contribution in [3.8, 4) is 5.75 Å². The van der Waals surface area contributed by atoms with E-state index in [4.69, 9.17) is 40.2 Å². The predicted molar refractivity (Wildman–Crippen MR) is 105 cm³/mol. The first-order chi connectivity index (χ1) is 12.0. The lowest BCUT2D eigenvalue weighted by Crippen LogP contribution is -2.30. The average molecular weight is 393 g/mol. The Hall–Kier alpha value is -2.08. The lowest BCUT2D eigenvalue weighted by atomic mass is 10.2. The van der Waals surface area contributed by atoms with Crippen molar-refractivity contribution in [2.75, 3.05) is 11.5 Å². The quantitative estimate of drug-likeness (QED) is 0.606. The van der Waals surface area contributed by atoms with Crippen LogP contribution in [0.2, 0.25) is 10.0 Å². The standard InChI is InChI=1S/C18H14Cl2N2O2S/c1-2-24-14-7-5-13(6-8-14)22-17(23)16(21-18(22)25)9-11-3-4-12(19)10-15(11)20/h3-10H,2H2,1H3,(H,21,25)/b16-9+. The molecule has 25 heavy (non-hydrogen) atoms. The van der Waals surface area contributed by atoms with E-state index >= 15 is 0 Å². The molecule has 0 aromatic heterocycles. The summed E-state index contributed by atoms with van der Waals surface area (Å²) in [5.41, 5.74) is 1.69. The van der Waals surface area contributed by atoms with Crippen LogP contribution in [0.5, 0.6) is 5.75 Å². The molecule has 2 aromatic carbocycles. The Labute approximate surface area is 161 Å². The summed E-state index contributed by atoms with van der Waals surface area (Å²) in [6.45, 7) is 2.49. The zero-order valence-corrected chi connectivity index (χ0v) is 15.6. The van der Waals surface area contributed by atoms with Gasteiger partial charge in [0.1, 0.15) is 11.4 Å². The molecule has 0 radical (unpaired) electrons. The van der Waals surface area contributed by atoms with E-state index < -0.39 is 0 Å². The SMILES string of the molecule is CCOc1ccc(N2C(=O)/C(=C\c3ccc(Cl)cc3Cl)NC2=S)cc1. The Morgan fingerprint density at radius 1 is 1.20 bits per heavy atom. The number of hydrogen-bond donors (Lipinski definition) is 1. The molecular weight excluding hydrogens is 379 g/mol. The first kappa shape index (κ1) is 17.7. The molecule has 0 unspecified atom stereocenters. The first-order valence-corrected chi connectivity index (χ1v) is 8.71. The molecule has 0 bridgehead atoms. The van der Waals surface area contributed by atoms with E-state index in [0.29, 0.717) is 38.7 Å². The lowest BCUT2D eigenvalue weighted by Gasteiger charge is -2.14. The van der Waals surface area contributed by atoms with Crippen molar-refractivity contribution in [1.29, 1.82) is 0 Å². The Morgan fingerprint density at radius 2 is 1.92 bits per heavy atom. The van der Waals surface area contributed by atoms with Crippen LogP contribution in [0, 0.1) is 0 Å². The molecule has 1 N–H and O–H groups in total. The molecule has 0 spiro atoms. The number of benzene rings is 2. The summed E-state index contributed by atoms with van der Waals surface area (Å²) in [5, 5.41) is 4.23. The van der Waals surface area contributed by atoms with Gasteiger partial charge in [-0.1, -0.05) is 29.3 Å². The van der Waals surface area contributed by atoms with Crippen LogP contribution in [-0.2, 0) is 4.79 Å². The smallest absolute Gasteiger partial charge is 0.281 e. The summed E-state index contributed by atoms with van der Waals surface area (Å²) in [6, 6.07) is 12.2. The van der Waals surface area contributed by atoms with E-state index in [1.807, 2.05) is 6.92 Å². The number of carbonyl (C=O) groups is 1. The van der Waals surface area contributed by atoms with Gasteiger partial charge in [0.05, 0.1) is 12.3 Å². The molecule has 1 fully saturated rings.